The van der Waals surface area contributed by atoms with Gasteiger partial charge in [0.15, 0.2) is 0 Å². The van der Waals surface area contributed by atoms with Gasteiger partial charge in [0, 0.05) is 21.8 Å². The largest absolute Gasteiger partial charge is 0.256 e. The molecule has 0 spiro atoms. The SMILES string of the molecule is Clc1ccnc(-c2cc(Cl)cc(Cl)c2Cl)c1. The zero-order valence-corrected chi connectivity index (χ0v) is 10.9. The van der Waals surface area contributed by atoms with Gasteiger partial charge in [0.2, 0.25) is 0 Å². The van der Waals surface area contributed by atoms with Crippen molar-refractivity contribution in [2.45, 2.75) is 0 Å². The number of aromatic nitrogens is 1. The second-order valence-corrected chi connectivity index (χ2v) is 4.77. The number of halogens is 4. The summed E-state index contributed by atoms with van der Waals surface area (Å²) in [4.78, 5) is 4.17. The Morgan fingerprint density at radius 3 is 2.31 bits per heavy atom. The van der Waals surface area contributed by atoms with Gasteiger partial charge in [0.05, 0.1) is 15.7 Å². The van der Waals surface area contributed by atoms with E-state index in [0.29, 0.717) is 31.3 Å². The Hall–Kier alpha value is -0.470. The number of hydrogen-bond acceptors (Lipinski definition) is 1. The smallest absolute Gasteiger partial charge is 0.0732 e. The third-order valence-corrected chi connectivity index (χ3v) is 3.25. The molecule has 0 unspecified atom stereocenters. The maximum Gasteiger partial charge on any atom is 0.0732 e. The lowest BCUT2D eigenvalue weighted by molar-refractivity contribution is 1.33. The molecule has 0 aliphatic heterocycles. The van der Waals surface area contributed by atoms with Crippen molar-refractivity contribution in [3.05, 3.63) is 50.6 Å². The fraction of sp³-hybridized carbons (Fsp3) is 0. The van der Waals surface area contributed by atoms with E-state index in [1.165, 1.54) is 0 Å². The molecule has 0 atom stereocenters. The first-order valence-electron chi connectivity index (χ1n) is 4.34. The zero-order valence-electron chi connectivity index (χ0n) is 7.85. The van der Waals surface area contributed by atoms with Crippen molar-refractivity contribution in [3.63, 3.8) is 0 Å². The third-order valence-electron chi connectivity index (χ3n) is 1.99. The maximum absolute atomic E-state index is 6.08. The molecule has 0 radical (unpaired) electrons. The first kappa shape index (κ1) is 12.0. The van der Waals surface area contributed by atoms with Gasteiger partial charge in [-0.05, 0) is 24.3 Å². The minimum absolute atomic E-state index is 0.394. The molecule has 0 aliphatic rings. The Labute approximate surface area is 113 Å². The molecule has 82 valence electrons. The minimum Gasteiger partial charge on any atom is -0.256 e. The lowest BCUT2D eigenvalue weighted by Crippen LogP contribution is -1.85. The van der Waals surface area contributed by atoms with Crippen LogP contribution in [0.15, 0.2) is 30.5 Å². The Morgan fingerprint density at radius 2 is 1.62 bits per heavy atom. The molecular formula is C11H5Cl4N. The topological polar surface area (TPSA) is 12.9 Å². The van der Waals surface area contributed by atoms with Gasteiger partial charge in [-0.25, -0.2) is 0 Å². The zero-order chi connectivity index (χ0) is 11.7. The van der Waals surface area contributed by atoms with Gasteiger partial charge in [-0.15, -0.1) is 0 Å². The van der Waals surface area contributed by atoms with Crippen molar-refractivity contribution < 1.29 is 0 Å². The summed E-state index contributed by atoms with van der Waals surface area (Å²) < 4.78 is 0. The molecule has 5 heteroatoms. The van der Waals surface area contributed by atoms with E-state index in [4.69, 9.17) is 46.4 Å². The van der Waals surface area contributed by atoms with Crippen molar-refractivity contribution in [2.24, 2.45) is 0 Å². The summed E-state index contributed by atoms with van der Waals surface area (Å²) in [5.74, 6) is 0. The van der Waals surface area contributed by atoms with Crippen LogP contribution in [0, 0.1) is 0 Å². The molecule has 0 N–H and O–H groups in total. The predicted molar refractivity (Wildman–Crippen MR) is 69.7 cm³/mol. The monoisotopic (exact) mass is 291 g/mol. The lowest BCUT2D eigenvalue weighted by atomic mass is 10.1. The highest BCUT2D eigenvalue weighted by Gasteiger charge is 2.10. The number of rotatable bonds is 1. The van der Waals surface area contributed by atoms with Crippen LogP contribution < -0.4 is 0 Å². The van der Waals surface area contributed by atoms with Crippen molar-refractivity contribution >= 4 is 46.4 Å². The van der Waals surface area contributed by atoms with Crippen molar-refractivity contribution in [3.8, 4) is 11.3 Å². The molecule has 2 aromatic rings. The van der Waals surface area contributed by atoms with Crippen LogP contribution >= 0.6 is 46.4 Å². The first-order chi connectivity index (χ1) is 7.58. The molecule has 1 aromatic heterocycles. The normalized spacial score (nSPS) is 10.5. The summed E-state index contributed by atoms with van der Waals surface area (Å²) in [5.41, 5.74) is 1.31. The Morgan fingerprint density at radius 1 is 0.875 bits per heavy atom. The van der Waals surface area contributed by atoms with E-state index in [1.807, 2.05) is 0 Å². The Balaban J connectivity index is 2.64. The lowest BCUT2D eigenvalue weighted by Gasteiger charge is -2.06. The fourth-order valence-corrected chi connectivity index (χ4v) is 2.15. The highest BCUT2D eigenvalue weighted by molar-refractivity contribution is 6.45. The molecule has 0 saturated heterocycles. The first-order valence-corrected chi connectivity index (χ1v) is 5.85. The summed E-state index contributed by atoms with van der Waals surface area (Å²) in [7, 11) is 0. The number of benzene rings is 1. The molecule has 1 heterocycles. The Kier molecular flexibility index (Phi) is 3.60. The quantitative estimate of drug-likeness (QED) is 0.645. The molecule has 0 amide bonds. The van der Waals surface area contributed by atoms with Gasteiger partial charge in [-0.1, -0.05) is 46.4 Å². The number of nitrogens with zero attached hydrogens (tertiary/aromatic N) is 1. The molecule has 16 heavy (non-hydrogen) atoms. The summed E-state index contributed by atoms with van der Waals surface area (Å²) in [6.45, 7) is 0. The van der Waals surface area contributed by atoms with Gasteiger partial charge in [-0.2, -0.15) is 0 Å². The average molecular weight is 293 g/mol. The molecular weight excluding hydrogens is 288 g/mol. The van der Waals surface area contributed by atoms with Gasteiger partial charge in [0.1, 0.15) is 0 Å². The van der Waals surface area contributed by atoms with E-state index < -0.39 is 0 Å². The van der Waals surface area contributed by atoms with Crippen LogP contribution in [0.5, 0.6) is 0 Å². The highest BCUT2D eigenvalue weighted by Crippen LogP contribution is 2.36. The molecule has 0 aliphatic carbocycles. The van der Waals surface area contributed by atoms with Gasteiger partial charge in [0.25, 0.3) is 0 Å². The van der Waals surface area contributed by atoms with Gasteiger partial charge < -0.3 is 0 Å². The fourth-order valence-electron chi connectivity index (χ4n) is 1.29. The summed E-state index contributed by atoms with van der Waals surface area (Å²) in [6, 6.07) is 6.68. The van der Waals surface area contributed by atoms with Crippen LogP contribution in [0.1, 0.15) is 0 Å². The minimum atomic E-state index is 0.394. The van der Waals surface area contributed by atoms with Crippen LogP contribution in [-0.4, -0.2) is 4.98 Å². The van der Waals surface area contributed by atoms with Gasteiger partial charge >= 0.3 is 0 Å². The molecule has 0 bridgehead atoms. The van der Waals surface area contributed by atoms with Crippen molar-refractivity contribution in [1.82, 2.24) is 4.98 Å². The summed E-state index contributed by atoms with van der Waals surface area (Å²) in [6.07, 6.45) is 1.60. The third kappa shape index (κ3) is 2.44. The van der Waals surface area contributed by atoms with Crippen LogP contribution in [0.2, 0.25) is 20.1 Å². The standard InChI is InChI=1S/C11H5Cl4N/c12-6-1-2-16-10(5-6)8-3-7(13)4-9(14)11(8)15/h1-5H. The molecule has 0 fully saturated rings. The van der Waals surface area contributed by atoms with Crippen molar-refractivity contribution in [2.75, 3.05) is 0 Å². The Bertz CT molecular complexity index is 540. The van der Waals surface area contributed by atoms with E-state index in [9.17, 15) is 0 Å². The summed E-state index contributed by atoms with van der Waals surface area (Å²) >= 11 is 23.8. The van der Waals surface area contributed by atoms with Crippen LogP contribution in [0.25, 0.3) is 11.3 Å². The molecule has 1 nitrogen and oxygen atoms in total. The van der Waals surface area contributed by atoms with Crippen LogP contribution in [-0.2, 0) is 0 Å². The van der Waals surface area contributed by atoms with Gasteiger partial charge in [-0.3, -0.25) is 4.98 Å². The van der Waals surface area contributed by atoms with E-state index in [-0.39, 0.29) is 0 Å². The second kappa shape index (κ2) is 4.80. The number of hydrogen-bond donors (Lipinski definition) is 0. The predicted octanol–water partition coefficient (Wildman–Crippen LogP) is 5.36. The van der Waals surface area contributed by atoms with Crippen molar-refractivity contribution in [1.29, 1.82) is 0 Å². The average Bonchev–Trinajstić information content (AvgIpc) is 2.23. The van der Waals surface area contributed by atoms with E-state index in [0.717, 1.165) is 0 Å². The molecule has 0 saturated carbocycles. The summed E-state index contributed by atoms with van der Waals surface area (Å²) in [5, 5.41) is 1.90. The highest BCUT2D eigenvalue weighted by atomic mass is 35.5. The van der Waals surface area contributed by atoms with Crippen LogP contribution in [0.3, 0.4) is 0 Å². The molecule has 2 rings (SSSR count). The van der Waals surface area contributed by atoms with E-state index in [2.05, 4.69) is 4.98 Å². The number of pyridine rings is 1. The van der Waals surface area contributed by atoms with E-state index >= 15 is 0 Å². The molecule has 1 aromatic carbocycles. The second-order valence-electron chi connectivity index (χ2n) is 3.11. The van der Waals surface area contributed by atoms with E-state index in [1.54, 1.807) is 30.5 Å². The maximum atomic E-state index is 6.08. The van der Waals surface area contributed by atoms with Crippen LogP contribution in [0.4, 0.5) is 0 Å².